The number of fused-ring (bicyclic) bond motifs is 1. The number of benzene rings is 2. The van der Waals surface area contributed by atoms with Crippen molar-refractivity contribution in [2.24, 2.45) is 15.2 Å². The molecule has 0 saturated heterocycles. The SMILES string of the molecule is COc1ccc(C2(CCC(C)NCC(O)c3ccc(O)c4c3OCC(=O)N4)N=CN=N2)cc1. The van der Waals surface area contributed by atoms with Crippen LogP contribution in [0.15, 0.2) is 51.6 Å². The van der Waals surface area contributed by atoms with Gasteiger partial charge in [-0.15, -0.1) is 5.11 Å². The number of aliphatic imine (C=N–C) groups is 1. The number of hydrogen-bond donors (Lipinski definition) is 4. The minimum atomic E-state index is -0.892. The van der Waals surface area contributed by atoms with Gasteiger partial charge in [-0.2, -0.15) is 5.11 Å². The molecule has 1 amide bonds. The number of amides is 1. The van der Waals surface area contributed by atoms with Gasteiger partial charge in [-0.3, -0.25) is 4.79 Å². The Kier molecular flexibility index (Phi) is 6.57. The molecule has 0 radical (unpaired) electrons. The van der Waals surface area contributed by atoms with E-state index in [1.54, 1.807) is 13.2 Å². The number of phenolic OH excluding ortho intramolecular Hbond substituents is 1. The maximum atomic E-state index is 11.6. The first-order valence-electron chi connectivity index (χ1n) is 10.7. The van der Waals surface area contributed by atoms with E-state index in [9.17, 15) is 15.0 Å². The summed E-state index contributed by atoms with van der Waals surface area (Å²) in [7, 11) is 1.62. The molecule has 2 aromatic rings. The Bertz CT molecular complexity index is 1060. The van der Waals surface area contributed by atoms with E-state index in [1.807, 2.05) is 31.2 Å². The molecule has 0 aliphatic carbocycles. The second kappa shape index (κ2) is 9.55. The summed E-state index contributed by atoms with van der Waals surface area (Å²) in [6, 6.07) is 10.7. The number of carbonyl (C=O) groups excluding carboxylic acids is 1. The van der Waals surface area contributed by atoms with Crippen LogP contribution in [0.3, 0.4) is 0 Å². The number of azo groups is 1. The quantitative estimate of drug-likeness (QED) is 0.431. The van der Waals surface area contributed by atoms with Gasteiger partial charge in [0.15, 0.2) is 18.0 Å². The smallest absolute Gasteiger partial charge is 0.262 e. The Morgan fingerprint density at radius 1 is 1.27 bits per heavy atom. The molecule has 0 bridgehead atoms. The summed E-state index contributed by atoms with van der Waals surface area (Å²) in [5, 5.41) is 35.0. The zero-order valence-electron chi connectivity index (χ0n) is 18.5. The number of nitrogens with zero attached hydrogens (tertiary/aromatic N) is 3. The molecule has 10 heteroatoms. The zero-order valence-corrected chi connectivity index (χ0v) is 18.5. The number of methoxy groups -OCH3 is 1. The molecule has 4 rings (SSSR count). The minimum Gasteiger partial charge on any atom is -0.506 e. The lowest BCUT2D eigenvalue weighted by atomic mass is 9.93. The van der Waals surface area contributed by atoms with Crippen molar-refractivity contribution in [3.8, 4) is 17.2 Å². The first-order valence-corrected chi connectivity index (χ1v) is 10.7. The van der Waals surface area contributed by atoms with Crippen molar-refractivity contribution in [2.45, 2.75) is 37.6 Å². The number of hydrogen-bond acceptors (Lipinski definition) is 9. The lowest BCUT2D eigenvalue weighted by molar-refractivity contribution is -0.118. The van der Waals surface area contributed by atoms with Crippen LogP contribution in [0.2, 0.25) is 0 Å². The van der Waals surface area contributed by atoms with Crippen molar-refractivity contribution < 1.29 is 24.5 Å². The number of ether oxygens (including phenoxy) is 2. The fourth-order valence-corrected chi connectivity index (χ4v) is 3.90. The monoisotopic (exact) mass is 453 g/mol. The second-order valence-corrected chi connectivity index (χ2v) is 8.08. The lowest BCUT2D eigenvalue weighted by Gasteiger charge is -2.26. The number of carbonyl (C=O) groups is 1. The first-order chi connectivity index (χ1) is 15.9. The van der Waals surface area contributed by atoms with Crippen LogP contribution in [0.25, 0.3) is 0 Å². The minimum absolute atomic E-state index is 0.0503. The molecular weight excluding hydrogens is 426 g/mol. The van der Waals surface area contributed by atoms with Crippen molar-refractivity contribution >= 4 is 17.9 Å². The normalized spacial score (nSPS) is 20.6. The van der Waals surface area contributed by atoms with E-state index in [2.05, 4.69) is 25.9 Å². The predicted molar refractivity (Wildman–Crippen MR) is 122 cm³/mol. The number of aliphatic hydroxyl groups excluding tert-OH is 1. The maximum absolute atomic E-state index is 11.6. The Morgan fingerprint density at radius 3 is 2.76 bits per heavy atom. The number of nitrogens with one attached hydrogen (secondary N) is 2. The molecule has 0 saturated carbocycles. The fraction of sp³-hybridized carbons (Fsp3) is 0.391. The highest BCUT2D eigenvalue weighted by Gasteiger charge is 2.34. The fourth-order valence-electron chi connectivity index (χ4n) is 3.90. The average Bonchev–Trinajstić information content (AvgIpc) is 3.32. The number of phenols is 1. The van der Waals surface area contributed by atoms with Gasteiger partial charge >= 0.3 is 0 Å². The molecule has 0 aromatic heterocycles. The van der Waals surface area contributed by atoms with Crippen LogP contribution in [-0.2, 0) is 10.5 Å². The second-order valence-electron chi connectivity index (χ2n) is 8.08. The summed E-state index contributed by atoms with van der Waals surface area (Å²) in [6.45, 7) is 2.12. The van der Waals surface area contributed by atoms with Crippen LogP contribution in [0.5, 0.6) is 17.2 Å². The summed E-state index contributed by atoms with van der Waals surface area (Å²) in [4.78, 5) is 16.1. The predicted octanol–water partition coefficient (Wildman–Crippen LogP) is 2.87. The molecule has 174 valence electrons. The maximum Gasteiger partial charge on any atom is 0.262 e. The van der Waals surface area contributed by atoms with E-state index in [0.717, 1.165) is 17.7 Å². The Morgan fingerprint density at radius 2 is 2.06 bits per heavy atom. The molecular formula is C23H27N5O5. The molecule has 2 aliphatic rings. The van der Waals surface area contributed by atoms with E-state index in [-0.39, 0.29) is 42.3 Å². The summed E-state index contributed by atoms with van der Waals surface area (Å²) in [5.41, 5.74) is 0.846. The molecule has 2 heterocycles. The molecule has 33 heavy (non-hydrogen) atoms. The molecule has 3 atom stereocenters. The van der Waals surface area contributed by atoms with Gasteiger partial charge < -0.3 is 30.3 Å². The van der Waals surface area contributed by atoms with Gasteiger partial charge in [0.2, 0.25) is 0 Å². The summed E-state index contributed by atoms with van der Waals surface area (Å²) >= 11 is 0. The Balaban J connectivity index is 1.37. The average molecular weight is 453 g/mol. The molecule has 2 aromatic carbocycles. The molecule has 2 aliphatic heterocycles. The van der Waals surface area contributed by atoms with E-state index in [4.69, 9.17) is 9.47 Å². The van der Waals surface area contributed by atoms with E-state index >= 15 is 0 Å². The van der Waals surface area contributed by atoms with Crippen molar-refractivity contribution in [1.82, 2.24) is 5.32 Å². The topological polar surface area (TPSA) is 137 Å². The number of aromatic hydroxyl groups is 1. The van der Waals surface area contributed by atoms with Crippen LogP contribution in [0.1, 0.15) is 37.0 Å². The van der Waals surface area contributed by atoms with Crippen LogP contribution in [-0.4, -0.2) is 48.8 Å². The standard InChI is InChI=1S/C23H27N5O5/c1-14(9-10-23(25-13-26-28-23)15-3-5-16(32-2)6-4-15)24-11-19(30)17-7-8-18(29)21-22(17)33-12-20(31)27-21/h3-8,13-14,19,24,29-30H,9-12H2,1-2H3,(H,27,31). The molecule has 0 spiro atoms. The van der Waals surface area contributed by atoms with Crippen LogP contribution in [0, 0.1) is 0 Å². The van der Waals surface area contributed by atoms with Crippen LogP contribution < -0.4 is 20.1 Å². The van der Waals surface area contributed by atoms with Crippen molar-refractivity contribution in [1.29, 1.82) is 0 Å². The highest BCUT2D eigenvalue weighted by molar-refractivity contribution is 5.97. The van der Waals surface area contributed by atoms with Gasteiger partial charge in [-0.05, 0) is 37.6 Å². The molecule has 0 fully saturated rings. The van der Waals surface area contributed by atoms with Crippen LogP contribution >= 0.6 is 0 Å². The van der Waals surface area contributed by atoms with Gasteiger partial charge in [0.25, 0.3) is 5.91 Å². The van der Waals surface area contributed by atoms with Gasteiger partial charge in [-0.25, -0.2) is 4.99 Å². The lowest BCUT2D eigenvalue weighted by Crippen LogP contribution is -2.33. The number of anilines is 1. The molecule has 10 nitrogen and oxygen atoms in total. The molecule has 4 N–H and O–H groups in total. The van der Waals surface area contributed by atoms with E-state index < -0.39 is 11.8 Å². The van der Waals surface area contributed by atoms with Gasteiger partial charge in [-0.1, -0.05) is 12.1 Å². The van der Waals surface area contributed by atoms with E-state index in [0.29, 0.717) is 12.0 Å². The van der Waals surface area contributed by atoms with E-state index in [1.165, 1.54) is 12.4 Å². The third-order valence-electron chi connectivity index (χ3n) is 5.82. The Hall–Kier alpha value is -3.50. The zero-order chi connectivity index (χ0) is 23.4. The highest BCUT2D eigenvalue weighted by atomic mass is 16.5. The Labute approximate surface area is 191 Å². The van der Waals surface area contributed by atoms with Crippen LogP contribution in [0.4, 0.5) is 5.69 Å². The molecule has 3 unspecified atom stereocenters. The number of rotatable bonds is 9. The summed E-state index contributed by atoms with van der Waals surface area (Å²) in [5.74, 6) is 0.589. The van der Waals surface area contributed by atoms with Gasteiger partial charge in [0.1, 0.15) is 23.5 Å². The summed E-state index contributed by atoms with van der Waals surface area (Å²) < 4.78 is 10.7. The van der Waals surface area contributed by atoms with Crippen molar-refractivity contribution in [2.75, 3.05) is 25.6 Å². The first kappa shape index (κ1) is 22.7. The third kappa shape index (κ3) is 4.81. The third-order valence-corrected chi connectivity index (χ3v) is 5.82. The van der Waals surface area contributed by atoms with Crippen molar-refractivity contribution in [3.63, 3.8) is 0 Å². The highest BCUT2D eigenvalue weighted by Crippen LogP contribution is 2.41. The van der Waals surface area contributed by atoms with Crippen molar-refractivity contribution in [3.05, 3.63) is 47.5 Å². The number of aliphatic hydroxyl groups is 1. The van der Waals surface area contributed by atoms with Gasteiger partial charge in [0, 0.05) is 30.1 Å². The van der Waals surface area contributed by atoms with Gasteiger partial charge in [0.05, 0.1) is 13.2 Å². The largest absolute Gasteiger partial charge is 0.506 e. The summed E-state index contributed by atoms with van der Waals surface area (Å²) in [6.07, 6.45) is 1.94.